The van der Waals surface area contributed by atoms with Gasteiger partial charge in [-0.3, -0.25) is 0 Å². The lowest BCUT2D eigenvalue weighted by molar-refractivity contribution is -0.888. The first-order valence-corrected chi connectivity index (χ1v) is 10.3. The molecule has 3 aliphatic rings. The molecule has 1 fully saturated rings. The Balaban J connectivity index is 1.62. The number of hydrogen-bond acceptors (Lipinski definition) is 4. The van der Waals surface area contributed by atoms with E-state index in [1.54, 1.807) is 7.11 Å². The second kappa shape index (κ2) is 6.68. The van der Waals surface area contributed by atoms with Crippen LogP contribution in [0.1, 0.15) is 36.4 Å². The quantitative estimate of drug-likeness (QED) is 0.845. The van der Waals surface area contributed by atoms with Crippen LogP contribution < -0.4 is 14.4 Å². The van der Waals surface area contributed by atoms with E-state index in [9.17, 15) is 0 Å². The molecule has 0 aliphatic carbocycles. The summed E-state index contributed by atoms with van der Waals surface area (Å²) in [6.45, 7) is 2.12. The van der Waals surface area contributed by atoms with Crippen LogP contribution in [0, 0.1) is 0 Å². The molecule has 0 saturated carbocycles. The van der Waals surface area contributed by atoms with Crippen LogP contribution in [0.5, 0.6) is 11.5 Å². The summed E-state index contributed by atoms with van der Waals surface area (Å²) >= 11 is 6.49. The predicted octanol–water partition coefficient (Wildman–Crippen LogP) is 2.90. The first-order chi connectivity index (χ1) is 13.6. The summed E-state index contributed by atoms with van der Waals surface area (Å²) in [7, 11) is 3.95. The summed E-state index contributed by atoms with van der Waals surface area (Å²) in [5, 5.41) is 8.06. The molecule has 2 aromatic carbocycles. The van der Waals surface area contributed by atoms with Crippen molar-refractivity contribution in [1.29, 1.82) is 0 Å². The summed E-state index contributed by atoms with van der Waals surface area (Å²) in [4.78, 5) is 1.53. The number of fused-ring (bicyclic) bond motifs is 4. The lowest BCUT2D eigenvalue weighted by atomic mass is 9.90. The maximum Gasteiger partial charge on any atom is 0.209 e. The molecule has 0 aromatic heterocycles. The van der Waals surface area contributed by atoms with Crippen molar-refractivity contribution in [1.82, 2.24) is 5.01 Å². The van der Waals surface area contributed by atoms with Crippen molar-refractivity contribution >= 4 is 17.3 Å². The van der Waals surface area contributed by atoms with E-state index in [-0.39, 0.29) is 6.04 Å². The molecule has 146 valence electrons. The molecule has 0 bridgehead atoms. The molecule has 0 radical (unpaired) electrons. The van der Waals surface area contributed by atoms with Crippen LogP contribution in [-0.2, 0) is 0 Å². The Hall–Kier alpha value is -2.24. The summed E-state index contributed by atoms with van der Waals surface area (Å²) in [5.41, 5.74) is 2.76. The Bertz CT molecular complexity index is 937. The van der Waals surface area contributed by atoms with Gasteiger partial charge in [-0.05, 0) is 12.1 Å². The van der Waals surface area contributed by atoms with Gasteiger partial charge in [0.05, 0.1) is 51.8 Å². The highest BCUT2D eigenvalue weighted by Crippen LogP contribution is 2.52. The lowest BCUT2D eigenvalue weighted by Gasteiger charge is -2.49. The minimum Gasteiger partial charge on any atom is -0.493 e. The first-order valence-electron chi connectivity index (χ1n) is 9.90. The molecule has 28 heavy (non-hydrogen) atoms. The zero-order valence-electron chi connectivity index (χ0n) is 16.2. The number of quaternary nitrogens is 1. The Morgan fingerprint density at radius 1 is 1.18 bits per heavy atom. The number of ether oxygens (including phenoxy) is 2. The smallest absolute Gasteiger partial charge is 0.209 e. The van der Waals surface area contributed by atoms with Gasteiger partial charge in [0.15, 0.2) is 11.5 Å². The van der Waals surface area contributed by atoms with E-state index in [1.165, 1.54) is 4.90 Å². The number of rotatable bonds is 2. The topological polar surface area (TPSA) is 38.5 Å². The van der Waals surface area contributed by atoms with Crippen molar-refractivity contribution in [3.05, 3.63) is 58.6 Å². The number of likely N-dealkylation sites (tertiary alicyclic amines) is 1. The van der Waals surface area contributed by atoms with E-state index in [2.05, 4.69) is 24.2 Å². The molecule has 1 spiro atoms. The van der Waals surface area contributed by atoms with E-state index < -0.39 is 5.72 Å². The van der Waals surface area contributed by atoms with Crippen LogP contribution in [0.25, 0.3) is 0 Å². The van der Waals surface area contributed by atoms with E-state index in [4.69, 9.17) is 26.2 Å². The van der Waals surface area contributed by atoms with E-state index >= 15 is 0 Å². The van der Waals surface area contributed by atoms with Gasteiger partial charge in [-0.1, -0.05) is 41.9 Å². The molecule has 1 atom stereocenters. The van der Waals surface area contributed by atoms with Crippen molar-refractivity contribution in [3.63, 3.8) is 0 Å². The third-order valence-electron chi connectivity index (χ3n) is 6.28. The highest BCUT2D eigenvalue weighted by atomic mass is 35.5. The fourth-order valence-corrected chi connectivity index (χ4v) is 4.93. The van der Waals surface area contributed by atoms with Gasteiger partial charge in [0.1, 0.15) is 0 Å². The fourth-order valence-electron chi connectivity index (χ4n) is 4.69. The number of benzene rings is 2. The molecular formula is C22H25ClN3O2+. The van der Waals surface area contributed by atoms with E-state index in [0.717, 1.165) is 65.7 Å². The minimum atomic E-state index is -0.422. The van der Waals surface area contributed by atoms with Gasteiger partial charge in [0.2, 0.25) is 5.72 Å². The van der Waals surface area contributed by atoms with Crippen LogP contribution in [0.4, 0.5) is 0 Å². The third-order valence-corrected chi connectivity index (χ3v) is 6.61. The average molecular weight is 399 g/mol. The summed E-state index contributed by atoms with van der Waals surface area (Å²) in [6.07, 6.45) is 2.69. The van der Waals surface area contributed by atoms with Crippen LogP contribution in [0.15, 0.2) is 47.6 Å². The number of hydrazone groups is 1. The number of piperidine rings is 1. The molecule has 1 N–H and O–H groups in total. The van der Waals surface area contributed by atoms with Crippen LogP contribution >= 0.6 is 11.6 Å². The first kappa shape index (κ1) is 17.8. The summed E-state index contributed by atoms with van der Waals surface area (Å²) < 4.78 is 12.3. The Labute approximate surface area is 170 Å². The average Bonchev–Trinajstić information content (AvgIpc) is 3.17. The maximum absolute atomic E-state index is 6.71. The highest BCUT2D eigenvalue weighted by Gasteiger charge is 2.53. The molecule has 3 aliphatic heterocycles. The van der Waals surface area contributed by atoms with Gasteiger partial charge in [-0.25, -0.2) is 5.01 Å². The Kier molecular flexibility index (Phi) is 4.25. The SMILES string of the molecule is COc1cccc2c1OC1(CC[NH+](C)CC1)N1N=C(c3ccccc3Cl)C[C@@H]21. The number of nitrogens with zero attached hydrogens (tertiary/aromatic N) is 2. The van der Waals surface area contributed by atoms with Crippen LogP contribution in [0.3, 0.4) is 0 Å². The van der Waals surface area contributed by atoms with E-state index in [1.807, 2.05) is 30.3 Å². The number of para-hydroxylation sites is 1. The van der Waals surface area contributed by atoms with Gasteiger partial charge < -0.3 is 14.4 Å². The van der Waals surface area contributed by atoms with Crippen LogP contribution in [-0.4, -0.2) is 43.7 Å². The van der Waals surface area contributed by atoms with Gasteiger partial charge >= 0.3 is 0 Å². The van der Waals surface area contributed by atoms with Crippen molar-refractivity contribution in [2.24, 2.45) is 5.10 Å². The lowest BCUT2D eigenvalue weighted by Crippen LogP contribution is -3.11. The normalized spacial score (nSPS) is 28.4. The highest BCUT2D eigenvalue weighted by molar-refractivity contribution is 6.34. The third kappa shape index (κ3) is 2.68. The molecule has 3 heterocycles. The van der Waals surface area contributed by atoms with Crippen molar-refractivity contribution in [3.8, 4) is 11.5 Å². The molecule has 5 nitrogen and oxygen atoms in total. The minimum absolute atomic E-state index is 0.142. The molecule has 2 aromatic rings. The fraction of sp³-hybridized carbons (Fsp3) is 0.409. The van der Waals surface area contributed by atoms with Crippen molar-refractivity contribution < 1.29 is 14.4 Å². The van der Waals surface area contributed by atoms with Crippen molar-refractivity contribution in [2.45, 2.75) is 31.0 Å². The number of methoxy groups -OCH3 is 1. The van der Waals surface area contributed by atoms with Gasteiger partial charge in [-0.15, -0.1) is 0 Å². The predicted molar refractivity (Wildman–Crippen MR) is 109 cm³/mol. The van der Waals surface area contributed by atoms with Gasteiger partial charge in [0.25, 0.3) is 0 Å². The Morgan fingerprint density at radius 3 is 2.71 bits per heavy atom. The monoisotopic (exact) mass is 398 g/mol. The van der Waals surface area contributed by atoms with Gasteiger partial charge in [0, 0.05) is 22.6 Å². The van der Waals surface area contributed by atoms with Gasteiger partial charge in [-0.2, -0.15) is 5.10 Å². The number of halogens is 1. The molecular weight excluding hydrogens is 374 g/mol. The maximum atomic E-state index is 6.71. The zero-order valence-corrected chi connectivity index (χ0v) is 17.0. The second-order valence-corrected chi connectivity index (χ2v) is 8.38. The molecule has 5 rings (SSSR count). The molecule has 1 saturated heterocycles. The largest absolute Gasteiger partial charge is 0.493 e. The number of nitrogens with one attached hydrogen (secondary N) is 1. The van der Waals surface area contributed by atoms with Crippen molar-refractivity contribution in [2.75, 3.05) is 27.2 Å². The summed E-state index contributed by atoms with van der Waals surface area (Å²) in [5.74, 6) is 1.68. The molecule has 0 unspecified atom stereocenters. The Morgan fingerprint density at radius 2 is 1.96 bits per heavy atom. The second-order valence-electron chi connectivity index (χ2n) is 7.98. The standard InChI is InChI=1S/C22H24ClN3O2/c1-25-12-10-22(11-13-25)26-19(16-7-5-9-20(27-2)21(16)28-22)14-18(24-26)15-6-3-4-8-17(15)23/h3-9,19H,10-14H2,1-2H3/p+1/t19-/m0/s1. The van der Waals surface area contributed by atoms with Crippen LogP contribution in [0.2, 0.25) is 5.02 Å². The molecule has 6 heteroatoms. The zero-order chi connectivity index (χ0) is 19.3. The molecule has 0 amide bonds. The number of hydrogen-bond donors (Lipinski definition) is 1. The summed E-state index contributed by atoms with van der Waals surface area (Å²) in [6, 6.07) is 14.2. The van der Waals surface area contributed by atoms with E-state index in [0.29, 0.717) is 0 Å².